The Bertz CT molecular complexity index is 2400. The minimum absolute atomic E-state index is 0.124. The highest BCUT2D eigenvalue weighted by Crippen LogP contribution is 2.26. The first-order valence-corrected chi connectivity index (χ1v) is 18.5. The third kappa shape index (κ3) is 8.60. The molecule has 0 amide bonds. The van der Waals surface area contributed by atoms with Gasteiger partial charge in [0.1, 0.15) is 11.3 Å². The van der Waals surface area contributed by atoms with E-state index in [0.29, 0.717) is 45.7 Å². The Labute approximate surface area is 318 Å². The molecule has 2 aliphatic rings. The van der Waals surface area contributed by atoms with Gasteiger partial charge < -0.3 is 29.5 Å². The molecule has 0 spiro atoms. The van der Waals surface area contributed by atoms with Gasteiger partial charge in [-0.3, -0.25) is 18.4 Å². The number of hydrogen-bond donors (Lipinski definition) is 1. The summed E-state index contributed by atoms with van der Waals surface area (Å²) >= 11 is 0. The molecule has 7 heterocycles. The van der Waals surface area contributed by atoms with Crippen molar-refractivity contribution in [2.75, 3.05) is 83.9 Å². The smallest absolute Gasteiger partial charge is 0.258 e. The summed E-state index contributed by atoms with van der Waals surface area (Å²) in [6.07, 6.45) is 6.00. The van der Waals surface area contributed by atoms with Gasteiger partial charge in [0.2, 0.25) is 5.88 Å². The average molecular weight is 748 g/mol. The molecule has 0 atom stereocenters. The van der Waals surface area contributed by atoms with Crippen molar-refractivity contribution in [3.8, 4) is 34.3 Å². The first-order valence-electron chi connectivity index (χ1n) is 18.5. The van der Waals surface area contributed by atoms with Gasteiger partial charge in [0, 0.05) is 82.0 Å². The van der Waals surface area contributed by atoms with Crippen molar-refractivity contribution in [1.29, 1.82) is 0 Å². The molecule has 8 rings (SSSR count). The van der Waals surface area contributed by atoms with E-state index >= 15 is 0 Å². The molecule has 6 aromatic rings. The average Bonchev–Trinajstić information content (AvgIpc) is 3.21. The van der Waals surface area contributed by atoms with Crippen LogP contribution in [0.25, 0.3) is 33.9 Å². The number of methoxy groups -OCH3 is 2. The highest BCUT2D eigenvalue weighted by molar-refractivity contribution is 5.64. The predicted molar refractivity (Wildman–Crippen MR) is 213 cm³/mol. The number of nitrogens with one attached hydrogen (secondary N) is 1. The number of piperazine rings is 1. The lowest BCUT2D eigenvalue weighted by molar-refractivity contribution is 0.285. The van der Waals surface area contributed by atoms with Crippen LogP contribution >= 0.6 is 0 Å². The molecular weight excluding hydrogens is 702 g/mol. The van der Waals surface area contributed by atoms with Gasteiger partial charge in [-0.2, -0.15) is 0 Å². The normalized spacial score (nSPS) is 14.9. The molecule has 1 N–H and O–H groups in total. The second-order valence-corrected chi connectivity index (χ2v) is 14.0. The van der Waals surface area contributed by atoms with Crippen molar-refractivity contribution in [2.24, 2.45) is 5.92 Å². The van der Waals surface area contributed by atoms with E-state index in [9.17, 15) is 14.0 Å². The highest BCUT2D eigenvalue weighted by atomic mass is 19.1. The van der Waals surface area contributed by atoms with E-state index in [4.69, 9.17) is 9.47 Å². The first-order chi connectivity index (χ1) is 26.7. The Morgan fingerprint density at radius 1 is 0.727 bits per heavy atom. The summed E-state index contributed by atoms with van der Waals surface area (Å²) in [5.74, 6) is 0.891. The molecule has 0 bridgehead atoms. The molecule has 2 aliphatic heterocycles. The zero-order valence-corrected chi connectivity index (χ0v) is 31.6. The predicted octanol–water partition coefficient (Wildman–Crippen LogP) is 4.46. The number of nitrogens with zero attached hydrogens (tertiary/aromatic N) is 8. The van der Waals surface area contributed by atoms with Crippen molar-refractivity contribution >= 4 is 22.7 Å². The quantitative estimate of drug-likeness (QED) is 0.238. The number of ether oxygens (including phenoxy) is 2. The lowest BCUT2D eigenvalue weighted by Gasteiger charge is -2.34. The number of pyridine rings is 3. The Kier molecular flexibility index (Phi) is 11.3. The van der Waals surface area contributed by atoms with Gasteiger partial charge in [0.05, 0.1) is 42.7 Å². The molecule has 0 saturated carbocycles. The number of benzene rings is 1. The van der Waals surface area contributed by atoms with Crippen LogP contribution in [-0.4, -0.2) is 103 Å². The summed E-state index contributed by atoms with van der Waals surface area (Å²) in [5.41, 5.74) is 5.04. The maximum atomic E-state index is 14.1. The number of fused-ring (bicyclic) bond motifs is 2. The minimum atomic E-state index is -0.481. The fraction of sp³-hybridized carbons (Fsp3) is 0.341. The summed E-state index contributed by atoms with van der Waals surface area (Å²) in [7, 11) is 7.21. The highest BCUT2D eigenvalue weighted by Gasteiger charge is 2.21. The summed E-state index contributed by atoms with van der Waals surface area (Å²) in [6.45, 7) is 6.84. The largest absolute Gasteiger partial charge is 0.494 e. The Hall–Kier alpha value is -5.86. The van der Waals surface area contributed by atoms with Crippen LogP contribution in [0.3, 0.4) is 0 Å². The Balaban J connectivity index is 0.000000172. The van der Waals surface area contributed by atoms with Gasteiger partial charge in [-0.05, 0) is 81.4 Å². The number of halogens is 1. The SMILES string of the molecule is COc1ccc(-c2cc(=O)n3cc(N4CCC(CN(C)C)CC4)ccc3n2)cc1F.COc1cccc(-c2cc(=O)n3cc(N4CCNCC4)ccc3n2)n1. The van der Waals surface area contributed by atoms with E-state index in [0.717, 1.165) is 70.0 Å². The van der Waals surface area contributed by atoms with Gasteiger partial charge in [0.15, 0.2) is 11.6 Å². The first kappa shape index (κ1) is 37.5. The fourth-order valence-electron chi connectivity index (χ4n) is 7.15. The summed E-state index contributed by atoms with van der Waals surface area (Å²) in [5, 5.41) is 3.33. The maximum Gasteiger partial charge on any atom is 0.258 e. The summed E-state index contributed by atoms with van der Waals surface area (Å²) in [6, 6.07) is 20.7. The van der Waals surface area contributed by atoms with Crippen LogP contribution in [0.1, 0.15) is 12.8 Å². The van der Waals surface area contributed by atoms with Crippen molar-refractivity contribution in [1.82, 2.24) is 34.0 Å². The summed E-state index contributed by atoms with van der Waals surface area (Å²) in [4.78, 5) is 45.7. The molecule has 286 valence electrons. The molecule has 2 fully saturated rings. The van der Waals surface area contributed by atoms with Crippen LogP contribution in [0.2, 0.25) is 0 Å². The van der Waals surface area contributed by atoms with E-state index in [2.05, 4.69) is 49.1 Å². The maximum absolute atomic E-state index is 14.1. The number of piperidine rings is 1. The minimum Gasteiger partial charge on any atom is -0.494 e. The van der Waals surface area contributed by atoms with Crippen molar-refractivity contribution in [2.45, 2.75) is 12.8 Å². The molecule has 0 unspecified atom stereocenters. The molecule has 14 heteroatoms. The second kappa shape index (κ2) is 16.7. The molecule has 13 nitrogen and oxygen atoms in total. The van der Waals surface area contributed by atoms with Crippen molar-refractivity contribution < 1.29 is 13.9 Å². The monoisotopic (exact) mass is 747 g/mol. The Morgan fingerprint density at radius 3 is 1.95 bits per heavy atom. The van der Waals surface area contributed by atoms with Crippen molar-refractivity contribution in [3.05, 3.63) is 112 Å². The number of anilines is 2. The molecule has 2 saturated heterocycles. The van der Waals surface area contributed by atoms with E-state index in [1.165, 1.54) is 31.4 Å². The lowest BCUT2D eigenvalue weighted by Crippen LogP contribution is -2.43. The van der Waals surface area contributed by atoms with Gasteiger partial charge in [0.25, 0.3) is 11.1 Å². The van der Waals surface area contributed by atoms with Crippen LogP contribution < -0.4 is 35.7 Å². The van der Waals surface area contributed by atoms with Crippen LogP contribution in [-0.2, 0) is 0 Å². The standard InChI is InChI=1S/C23H27FN4O2.C18H19N5O2/c1-26(2)14-16-8-10-27(11-9-16)18-5-7-22-25-20(13-23(29)28(22)15-18)17-4-6-21(30-3)19(24)12-17;1-25-17-4-2-3-14(21-17)15-11-18(24)23-12-13(5-6-16(23)20-15)22-9-7-19-8-10-22/h4-7,12-13,15-16H,8-11,14H2,1-3H3;2-6,11-12,19H,7-10H2,1H3. The third-order valence-electron chi connectivity index (χ3n) is 10.0. The van der Waals surface area contributed by atoms with E-state index in [-0.39, 0.29) is 16.9 Å². The Morgan fingerprint density at radius 2 is 1.35 bits per heavy atom. The number of aromatic nitrogens is 5. The van der Waals surface area contributed by atoms with Crippen LogP contribution in [0, 0.1) is 11.7 Å². The molecule has 1 aromatic carbocycles. The zero-order chi connectivity index (χ0) is 38.5. The van der Waals surface area contributed by atoms with Crippen LogP contribution in [0.15, 0.2) is 94.8 Å². The van der Waals surface area contributed by atoms with Gasteiger partial charge in [-0.1, -0.05) is 6.07 Å². The van der Waals surface area contributed by atoms with Gasteiger partial charge in [-0.25, -0.2) is 19.3 Å². The molecule has 0 aliphatic carbocycles. The molecule has 55 heavy (non-hydrogen) atoms. The van der Waals surface area contributed by atoms with E-state index < -0.39 is 5.82 Å². The molecule has 5 aromatic heterocycles. The van der Waals surface area contributed by atoms with Crippen LogP contribution in [0.4, 0.5) is 15.8 Å². The summed E-state index contributed by atoms with van der Waals surface area (Å²) < 4.78 is 27.3. The fourth-order valence-corrected chi connectivity index (χ4v) is 7.15. The molecular formula is C41H46FN9O4. The van der Waals surface area contributed by atoms with Gasteiger partial charge >= 0.3 is 0 Å². The van der Waals surface area contributed by atoms with Crippen molar-refractivity contribution in [3.63, 3.8) is 0 Å². The number of hydrogen-bond acceptors (Lipinski definition) is 11. The topological polar surface area (TPSA) is 122 Å². The van der Waals surface area contributed by atoms with E-state index in [1.807, 2.05) is 48.8 Å². The molecule has 0 radical (unpaired) electrons. The van der Waals surface area contributed by atoms with Crippen LogP contribution in [0.5, 0.6) is 11.6 Å². The number of rotatable bonds is 8. The van der Waals surface area contributed by atoms with Gasteiger partial charge in [-0.15, -0.1) is 0 Å². The van der Waals surface area contributed by atoms with E-state index in [1.54, 1.807) is 28.0 Å². The zero-order valence-electron chi connectivity index (χ0n) is 31.6. The third-order valence-corrected chi connectivity index (χ3v) is 10.0. The second-order valence-electron chi connectivity index (χ2n) is 14.0. The lowest BCUT2D eigenvalue weighted by atomic mass is 9.96.